The second-order valence-electron chi connectivity index (χ2n) is 6.43. The van der Waals surface area contributed by atoms with E-state index in [1.165, 1.54) is 4.90 Å². The van der Waals surface area contributed by atoms with Crippen LogP contribution in [0, 0.1) is 3.57 Å². The maximum atomic E-state index is 12.4. The van der Waals surface area contributed by atoms with Crippen LogP contribution in [-0.4, -0.2) is 41.9 Å². The molecule has 146 valence electrons. The number of carbonyl (C=O) groups excluding carboxylic acids is 3. The highest BCUT2D eigenvalue weighted by molar-refractivity contribution is 14.1. The van der Waals surface area contributed by atoms with Crippen LogP contribution in [0.5, 0.6) is 0 Å². The molecule has 3 rings (SSSR count). The van der Waals surface area contributed by atoms with E-state index in [0.717, 1.165) is 9.13 Å². The summed E-state index contributed by atoms with van der Waals surface area (Å²) in [6.07, 6.45) is 0.634. The molecule has 1 atom stereocenters. The molecule has 0 aliphatic carbocycles. The molecular formula is C21H20INO5. The molecule has 2 aromatic rings. The zero-order valence-corrected chi connectivity index (χ0v) is 17.3. The van der Waals surface area contributed by atoms with E-state index in [0.29, 0.717) is 24.9 Å². The van der Waals surface area contributed by atoms with E-state index < -0.39 is 18.1 Å². The summed E-state index contributed by atoms with van der Waals surface area (Å²) in [5.74, 6) is -0.853. The fraction of sp³-hybridized carbons (Fsp3) is 0.286. The van der Waals surface area contributed by atoms with Crippen LogP contribution in [0.2, 0.25) is 0 Å². The van der Waals surface area contributed by atoms with Gasteiger partial charge in [0.05, 0.1) is 0 Å². The molecule has 6 nitrogen and oxygen atoms in total. The molecule has 0 spiro atoms. The van der Waals surface area contributed by atoms with E-state index in [1.54, 1.807) is 12.1 Å². The van der Waals surface area contributed by atoms with E-state index in [-0.39, 0.29) is 19.0 Å². The SMILES string of the molecule is O=C(COC(=O)C1CCCN1C(=O)OCc1ccccc1)c1ccc(I)cc1. The monoisotopic (exact) mass is 493 g/mol. The number of hydrogen-bond acceptors (Lipinski definition) is 5. The maximum Gasteiger partial charge on any atom is 0.410 e. The van der Waals surface area contributed by atoms with Crippen molar-refractivity contribution in [3.63, 3.8) is 0 Å². The molecule has 2 aromatic carbocycles. The van der Waals surface area contributed by atoms with Crippen molar-refractivity contribution in [2.45, 2.75) is 25.5 Å². The zero-order valence-electron chi connectivity index (χ0n) is 15.2. The normalized spacial score (nSPS) is 15.9. The molecule has 1 heterocycles. The lowest BCUT2D eigenvalue weighted by molar-refractivity contribution is -0.147. The van der Waals surface area contributed by atoms with E-state index in [2.05, 4.69) is 22.6 Å². The molecule has 7 heteroatoms. The van der Waals surface area contributed by atoms with E-state index in [9.17, 15) is 14.4 Å². The van der Waals surface area contributed by atoms with Crippen LogP contribution in [0.1, 0.15) is 28.8 Å². The van der Waals surface area contributed by atoms with Crippen LogP contribution in [0.3, 0.4) is 0 Å². The molecule has 0 bridgehead atoms. The van der Waals surface area contributed by atoms with E-state index >= 15 is 0 Å². The molecular weight excluding hydrogens is 473 g/mol. The van der Waals surface area contributed by atoms with Crippen LogP contribution in [-0.2, 0) is 20.9 Å². The molecule has 0 aromatic heterocycles. The van der Waals surface area contributed by atoms with Crippen molar-refractivity contribution >= 4 is 40.4 Å². The third-order valence-electron chi connectivity index (χ3n) is 4.48. The summed E-state index contributed by atoms with van der Waals surface area (Å²) in [5, 5.41) is 0. The first kappa shape index (κ1) is 20.3. The highest BCUT2D eigenvalue weighted by atomic mass is 127. The summed E-state index contributed by atoms with van der Waals surface area (Å²) < 4.78 is 11.5. The van der Waals surface area contributed by atoms with Gasteiger partial charge in [0.25, 0.3) is 0 Å². The van der Waals surface area contributed by atoms with Gasteiger partial charge in [-0.2, -0.15) is 0 Å². The number of hydrogen-bond donors (Lipinski definition) is 0. The Balaban J connectivity index is 1.51. The number of carbonyl (C=O) groups is 3. The molecule has 1 fully saturated rings. The van der Waals surface area contributed by atoms with E-state index in [1.807, 2.05) is 42.5 Å². The lowest BCUT2D eigenvalue weighted by Crippen LogP contribution is -2.42. The summed E-state index contributed by atoms with van der Waals surface area (Å²) in [7, 11) is 0. The molecule has 1 amide bonds. The molecule has 28 heavy (non-hydrogen) atoms. The minimum absolute atomic E-state index is 0.142. The van der Waals surface area contributed by atoms with Gasteiger partial charge in [0.15, 0.2) is 12.4 Å². The molecule has 1 aliphatic heterocycles. The van der Waals surface area contributed by atoms with Crippen LogP contribution in [0.15, 0.2) is 54.6 Å². The van der Waals surface area contributed by atoms with Crippen LogP contribution in [0.25, 0.3) is 0 Å². The Morgan fingerprint density at radius 1 is 1.00 bits per heavy atom. The predicted molar refractivity (Wildman–Crippen MR) is 111 cm³/mol. The first-order chi connectivity index (χ1) is 13.5. The van der Waals surface area contributed by atoms with Crippen molar-refractivity contribution < 1.29 is 23.9 Å². The number of benzene rings is 2. The summed E-state index contributed by atoms with van der Waals surface area (Å²) in [6.45, 7) is 0.227. The fourth-order valence-corrected chi connectivity index (χ4v) is 3.34. The highest BCUT2D eigenvalue weighted by Crippen LogP contribution is 2.20. The van der Waals surface area contributed by atoms with Crippen molar-refractivity contribution in [2.24, 2.45) is 0 Å². The fourth-order valence-electron chi connectivity index (χ4n) is 2.98. The van der Waals surface area contributed by atoms with Gasteiger partial charge in [-0.05, 0) is 53.1 Å². The van der Waals surface area contributed by atoms with Crippen molar-refractivity contribution in [1.29, 1.82) is 0 Å². The molecule has 1 saturated heterocycles. The number of halogens is 1. The van der Waals surface area contributed by atoms with Gasteiger partial charge in [-0.25, -0.2) is 9.59 Å². The average molecular weight is 493 g/mol. The summed E-state index contributed by atoms with van der Waals surface area (Å²) in [6, 6.07) is 15.6. The third kappa shape index (κ3) is 5.31. The largest absolute Gasteiger partial charge is 0.456 e. The molecule has 0 radical (unpaired) electrons. The Morgan fingerprint density at radius 2 is 1.71 bits per heavy atom. The molecule has 0 saturated carbocycles. The van der Waals surface area contributed by atoms with Crippen molar-refractivity contribution in [3.8, 4) is 0 Å². The number of esters is 1. The number of Topliss-reactive ketones (excluding diaryl/α,β-unsaturated/α-hetero) is 1. The minimum atomic E-state index is -0.715. The average Bonchev–Trinajstić information content (AvgIpc) is 3.21. The highest BCUT2D eigenvalue weighted by Gasteiger charge is 2.36. The van der Waals surface area contributed by atoms with Crippen molar-refractivity contribution in [2.75, 3.05) is 13.2 Å². The Bertz CT molecular complexity index is 838. The van der Waals surface area contributed by atoms with Crippen LogP contribution >= 0.6 is 22.6 Å². The summed E-state index contributed by atoms with van der Waals surface area (Å²) >= 11 is 2.15. The summed E-state index contributed by atoms with van der Waals surface area (Å²) in [4.78, 5) is 38.3. The van der Waals surface area contributed by atoms with E-state index in [4.69, 9.17) is 9.47 Å². The quantitative estimate of drug-likeness (QED) is 0.348. The first-order valence-electron chi connectivity index (χ1n) is 8.97. The standard InChI is InChI=1S/C21H20INO5/c22-17-10-8-16(9-11-17)19(24)14-27-20(25)18-7-4-12-23(18)21(26)28-13-15-5-2-1-3-6-15/h1-3,5-6,8-11,18H,4,7,12-14H2. The number of nitrogens with zero attached hydrogens (tertiary/aromatic N) is 1. The number of ether oxygens (including phenoxy) is 2. The van der Waals surface area contributed by atoms with Crippen LogP contribution < -0.4 is 0 Å². The van der Waals surface area contributed by atoms with Gasteiger partial charge < -0.3 is 9.47 Å². The molecule has 1 aliphatic rings. The lowest BCUT2D eigenvalue weighted by Gasteiger charge is -2.22. The second kappa shape index (κ2) is 9.68. The number of ketones is 1. The van der Waals surface area contributed by atoms with Gasteiger partial charge in [-0.1, -0.05) is 42.5 Å². The topological polar surface area (TPSA) is 72.9 Å². The Labute approximate surface area is 177 Å². The maximum absolute atomic E-state index is 12.4. The second-order valence-corrected chi connectivity index (χ2v) is 7.68. The number of amides is 1. The minimum Gasteiger partial charge on any atom is -0.456 e. The smallest absolute Gasteiger partial charge is 0.410 e. The third-order valence-corrected chi connectivity index (χ3v) is 5.20. The molecule has 1 unspecified atom stereocenters. The van der Waals surface area contributed by atoms with Gasteiger partial charge >= 0.3 is 12.1 Å². The predicted octanol–water partition coefficient (Wildman–Crippen LogP) is 3.82. The van der Waals surface area contributed by atoms with Crippen LogP contribution in [0.4, 0.5) is 4.79 Å². The Morgan fingerprint density at radius 3 is 2.43 bits per heavy atom. The molecule has 0 N–H and O–H groups in total. The van der Waals surface area contributed by atoms with Gasteiger partial charge in [0, 0.05) is 15.7 Å². The Hall–Kier alpha value is -2.42. The number of rotatable bonds is 6. The van der Waals surface area contributed by atoms with Gasteiger partial charge in [-0.3, -0.25) is 9.69 Å². The van der Waals surface area contributed by atoms with Gasteiger partial charge in [-0.15, -0.1) is 0 Å². The number of likely N-dealkylation sites (tertiary alicyclic amines) is 1. The Kier molecular flexibility index (Phi) is 7.02. The van der Waals surface area contributed by atoms with Crippen molar-refractivity contribution in [1.82, 2.24) is 4.90 Å². The van der Waals surface area contributed by atoms with Crippen molar-refractivity contribution in [3.05, 3.63) is 69.3 Å². The van der Waals surface area contributed by atoms with Gasteiger partial charge in [0.1, 0.15) is 12.6 Å². The summed E-state index contributed by atoms with van der Waals surface area (Å²) in [5.41, 5.74) is 1.36. The van der Waals surface area contributed by atoms with Gasteiger partial charge in [0.2, 0.25) is 0 Å². The zero-order chi connectivity index (χ0) is 19.9. The lowest BCUT2D eigenvalue weighted by atomic mass is 10.1. The first-order valence-corrected chi connectivity index (χ1v) is 10.0.